The number of carbonyl (C=O) groups is 4. The Bertz CT molecular complexity index is 592. The second-order valence-corrected chi connectivity index (χ2v) is 3.87. The van der Waals surface area contributed by atoms with Gasteiger partial charge in [-0.1, -0.05) is 0 Å². The number of benzene rings is 1. The average molecular weight is 291 g/mol. The highest BCUT2D eigenvalue weighted by molar-refractivity contribution is 5.98. The second-order valence-electron chi connectivity index (χ2n) is 3.87. The number of anilines is 1. The summed E-state index contributed by atoms with van der Waals surface area (Å²) in [7, 11) is 0. The molecular formula is C13H13N3O5. The minimum absolute atomic E-state index is 0.232. The van der Waals surface area contributed by atoms with Crippen molar-refractivity contribution < 1.29 is 24.3 Å². The monoisotopic (exact) mass is 291 g/mol. The number of carboxylic acid groups (broad SMARTS) is 1. The third-order valence-corrected chi connectivity index (χ3v) is 2.14. The molecule has 0 saturated heterocycles. The number of carbonyl (C=O) groups excluding carboxylic acids is 3. The van der Waals surface area contributed by atoms with Crippen LogP contribution in [0.25, 0.3) is 0 Å². The zero-order chi connectivity index (χ0) is 15.8. The highest BCUT2D eigenvalue weighted by Gasteiger charge is 2.06. The average Bonchev–Trinajstić information content (AvgIpc) is 2.42. The molecule has 1 aromatic carbocycles. The van der Waals surface area contributed by atoms with E-state index < -0.39 is 17.8 Å². The van der Waals surface area contributed by atoms with Crippen LogP contribution in [0.1, 0.15) is 17.3 Å². The van der Waals surface area contributed by atoms with Crippen molar-refractivity contribution in [2.75, 3.05) is 5.32 Å². The second kappa shape index (κ2) is 7.43. The number of carboxylic acids is 1. The van der Waals surface area contributed by atoms with Gasteiger partial charge in [0.1, 0.15) is 0 Å². The van der Waals surface area contributed by atoms with Crippen molar-refractivity contribution in [1.29, 1.82) is 0 Å². The van der Waals surface area contributed by atoms with Crippen LogP contribution in [0.2, 0.25) is 0 Å². The molecule has 3 amide bonds. The summed E-state index contributed by atoms with van der Waals surface area (Å²) in [5, 5.41) is 10.9. The number of aliphatic carboxylic acids is 1. The van der Waals surface area contributed by atoms with Gasteiger partial charge in [-0.05, 0) is 24.3 Å². The summed E-state index contributed by atoms with van der Waals surface area (Å²) in [6, 6.07) is 5.98. The van der Waals surface area contributed by atoms with Gasteiger partial charge in [-0.25, -0.2) is 4.79 Å². The van der Waals surface area contributed by atoms with Crippen molar-refractivity contribution in [3.8, 4) is 0 Å². The number of hydrazine groups is 1. The minimum atomic E-state index is -1.27. The highest BCUT2D eigenvalue weighted by Crippen LogP contribution is 2.09. The first-order valence-corrected chi connectivity index (χ1v) is 5.77. The number of hydrogen-bond donors (Lipinski definition) is 4. The fourth-order valence-electron chi connectivity index (χ4n) is 1.29. The Balaban J connectivity index is 2.54. The largest absolute Gasteiger partial charge is 0.478 e. The lowest BCUT2D eigenvalue weighted by Gasteiger charge is -2.06. The molecular weight excluding hydrogens is 278 g/mol. The summed E-state index contributed by atoms with van der Waals surface area (Å²) in [5.41, 5.74) is 4.93. The van der Waals surface area contributed by atoms with E-state index in [-0.39, 0.29) is 11.5 Å². The van der Waals surface area contributed by atoms with Gasteiger partial charge in [-0.15, -0.1) is 0 Å². The summed E-state index contributed by atoms with van der Waals surface area (Å²) in [6.45, 7) is 1.36. The molecule has 8 heteroatoms. The quantitative estimate of drug-likeness (QED) is 0.460. The fraction of sp³-hybridized carbons (Fsp3) is 0.0769. The van der Waals surface area contributed by atoms with Crippen LogP contribution in [-0.4, -0.2) is 28.8 Å². The Kier molecular flexibility index (Phi) is 5.63. The Morgan fingerprint density at radius 3 is 2.14 bits per heavy atom. The van der Waals surface area contributed by atoms with E-state index in [0.717, 1.165) is 6.08 Å². The smallest absolute Gasteiger partial charge is 0.328 e. The molecule has 1 aromatic rings. The fourth-order valence-corrected chi connectivity index (χ4v) is 1.29. The Morgan fingerprint density at radius 1 is 1.00 bits per heavy atom. The van der Waals surface area contributed by atoms with E-state index in [0.29, 0.717) is 11.8 Å². The zero-order valence-corrected chi connectivity index (χ0v) is 11.0. The van der Waals surface area contributed by atoms with Crippen LogP contribution in [0.4, 0.5) is 5.69 Å². The van der Waals surface area contributed by atoms with E-state index in [9.17, 15) is 19.2 Å². The SMILES string of the molecule is CC(=O)Nc1ccc(C(=O)NNC(=O)/C=C/C(=O)O)cc1. The predicted molar refractivity (Wildman–Crippen MR) is 73.1 cm³/mol. The maximum absolute atomic E-state index is 11.7. The molecule has 0 saturated carbocycles. The molecule has 0 aromatic heterocycles. The maximum atomic E-state index is 11.7. The van der Waals surface area contributed by atoms with Crippen LogP contribution in [0.3, 0.4) is 0 Å². The molecule has 0 unspecified atom stereocenters. The van der Waals surface area contributed by atoms with Crippen molar-refractivity contribution >= 4 is 29.4 Å². The molecule has 8 nitrogen and oxygen atoms in total. The lowest BCUT2D eigenvalue weighted by molar-refractivity contribution is -0.131. The predicted octanol–water partition coefficient (Wildman–Crippen LogP) is 0.0468. The van der Waals surface area contributed by atoms with E-state index in [4.69, 9.17) is 5.11 Å². The van der Waals surface area contributed by atoms with E-state index >= 15 is 0 Å². The molecule has 0 bridgehead atoms. The summed E-state index contributed by atoms with van der Waals surface area (Å²) in [4.78, 5) is 43.8. The Morgan fingerprint density at radius 2 is 1.62 bits per heavy atom. The summed E-state index contributed by atoms with van der Waals surface area (Å²) in [6.07, 6.45) is 1.41. The molecule has 0 atom stereocenters. The summed E-state index contributed by atoms with van der Waals surface area (Å²) >= 11 is 0. The number of hydrogen-bond acceptors (Lipinski definition) is 4. The minimum Gasteiger partial charge on any atom is -0.478 e. The first-order valence-electron chi connectivity index (χ1n) is 5.77. The molecule has 0 spiro atoms. The van der Waals surface area contributed by atoms with Crippen LogP contribution in [0.5, 0.6) is 0 Å². The summed E-state index contributed by atoms with van der Waals surface area (Å²) in [5.74, 6) is -2.86. The van der Waals surface area contributed by atoms with Gasteiger partial charge in [0, 0.05) is 30.3 Å². The van der Waals surface area contributed by atoms with Crippen LogP contribution in [0.15, 0.2) is 36.4 Å². The Labute approximate surface area is 119 Å². The molecule has 0 fully saturated rings. The molecule has 0 aliphatic rings. The van der Waals surface area contributed by atoms with Crippen LogP contribution in [-0.2, 0) is 14.4 Å². The van der Waals surface area contributed by atoms with Crippen molar-refractivity contribution in [2.24, 2.45) is 0 Å². The van der Waals surface area contributed by atoms with Crippen LogP contribution >= 0.6 is 0 Å². The third kappa shape index (κ3) is 6.01. The van der Waals surface area contributed by atoms with E-state index in [1.54, 1.807) is 0 Å². The van der Waals surface area contributed by atoms with Gasteiger partial charge < -0.3 is 10.4 Å². The lowest BCUT2D eigenvalue weighted by atomic mass is 10.2. The van der Waals surface area contributed by atoms with Gasteiger partial charge in [0.15, 0.2) is 0 Å². The zero-order valence-electron chi connectivity index (χ0n) is 11.0. The first-order chi connectivity index (χ1) is 9.88. The van der Waals surface area contributed by atoms with Gasteiger partial charge in [-0.2, -0.15) is 0 Å². The Hall–Kier alpha value is -3.16. The van der Waals surface area contributed by atoms with Crippen molar-refractivity contribution in [3.63, 3.8) is 0 Å². The van der Waals surface area contributed by atoms with E-state index in [1.165, 1.54) is 31.2 Å². The molecule has 0 aliphatic heterocycles. The standard InChI is InChI=1S/C13H13N3O5/c1-8(17)14-10-4-2-9(3-5-10)13(21)16-15-11(18)6-7-12(19)20/h2-7H,1H3,(H,14,17)(H,15,18)(H,16,21)(H,19,20)/b7-6+. The highest BCUT2D eigenvalue weighted by atomic mass is 16.4. The number of rotatable bonds is 4. The first kappa shape index (κ1) is 15.9. The number of amides is 3. The topological polar surface area (TPSA) is 125 Å². The van der Waals surface area contributed by atoms with Crippen molar-refractivity contribution in [2.45, 2.75) is 6.92 Å². The van der Waals surface area contributed by atoms with Crippen LogP contribution < -0.4 is 16.2 Å². The molecule has 4 N–H and O–H groups in total. The molecule has 0 radical (unpaired) electrons. The molecule has 0 heterocycles. The lowest BCUT2D eigenvalue weighted by Crippen LogP contribution is -2.40. The molecule has 1 rings (SSSR count). The molecule has 0 aliphatic carbocycles. The van der Waals surface area contributed by atoms with Crippen molar-refractivity contribution in [3.05, 3.63) is 42.0 Å². The normalized spacial score (nSPS) is 9.95. The van der Waals surface area contributed by atoms with E-state index in [2.05, 4.69) is 10.7 Å². The molecule has 110 valence electrons. The van der Waals surface area contributed by atoms with Gasteiger partial charge in [0.05, 0.1) is 0 Å². The van der Waals surface area contributed by atoms with Gasteiger partial charge in [0.2, 0.25) is 5.91 Å². The number of nitrogens with one attached hydrogen (secondary N) is 3. The van der Waals surface area contributed by atoms with Gasteiger partial charge in [-0.3, -0.25) is 25.2 Å². The van der Waals surface area contributed by atoms with Gasteiger partial charge >= 0.3 is 5.97 Å². The van der Waals surface area contributed by atoms with Crippen LogP contribution in [0, 0.1) is 0 Å². The van der Waals surface area contributed by atoms with Crippen molar-refractivity contribution in [1.82, 2.24) is 10.9 Å². The van der Waals surface area contributed by atoms with Gasteiger partial charge in [0.25, 0.3) is 11.8 Å². The van der Waals surface area contributed by atoms with E-state index in [1.807, 2.05) is 5.43 Å². The third-order valence-electron chi connectivity index (χ3n) is 2.14. The molecule has 21 heavy (non-hydrogen) atoms. The summed E-state index contributed by atoms with van der Waals surface area (Å²) < 4.78 is 0. The maximum Gasteiger partial charge on any atom is 0.328 e.